The molecule has 2 rings (SSSR count). The second kappa shape index (κ2) is 7.21. The van der Waals surface area contributed by atoms with E-state index in [0.29, 0.717) is 0 Å². The number of pyridine rings is 1. The molecule has 6 heteroatoms. The topological polar surface area (TPSA) is 77.4 Å². The molecule has 1 aromatic carbocycles. The van der Waals surface area contributed by atoms with E-state index in [-0.39, 0.29) is 24.3 Å². The van der Waals surface area contributed by atoms with Gasteiger partial charge in [-0.3, -0.25) is 14.4 Å². The van der Waals surface area contributed by atoms with Crippen LogP contribution in [0.15, 0.2) is 53.5 Å². The first-order valence-electron chi connectivity index (χ1n) is 6.70. The molecular weight excluding hydrogens is 284 g/mol. The van der Waals surface area contributed by atoms with Gasteiger partial charge in [0.1, 0.15) is 13.2 Å². The summed E-state index contributed by atoms with van der Waals surface area (Å²) in [5, 5.41) is 2.42. The predicted molar refractivity (Wildman–Crippen MR) is 80.3 cm³/mol. The molecule has 114 valence electrons. The fourth-order valence-electron chi connectivity index (χ4n) is 1.73. The van der Waals surface area contributed by atoms with Gasteiger partial charge in [-0.05, 0) is 11.6 Å². The van der Waals surface area contributed by atoms with Crippen LogP contribution in [0.1, 0.15) is 15.9 Å². The Kier molecular flexibility index (Phi) is 5.08. The molecule has 0 aliphatic heterocycles. The van der Waals surface area contributed by atoms with Crippen molar-refractivity contribution in [3.63, 3.8) is 0 Å². The van der Waals surface area contributed by atoms with Crippen molar-refractivity contribution >= 4 is 11.9 Å². The molecule has 0 saturated heterocycles. The molecule has 1 N–H and O–H groups in total. The molecule has 0 aliphatic carbocycles. The molecule has 6 nitrogen and oxygen atoms in total. The van der Waals surface area contributed by atoms with E-state index < -0.39 is 11.9 Å². The zero-order chi connectivity index (χ0) is 15.9. The first-order valence-corrected chi connectivity index (χ1v) is 6.70. The van der Waals surface area contributed by atoms with E-state index in [1.165, 1.54) is 22.9 Å². The average molecular weight is 300 g/mol. The Morgan fingerprint density at radius 2 is 1.91 bits per heavy atom. The second-order valence-electron chi connectivity index (χ2n) is 4.69. The second-order valence-corrected chi connectivity index (χ2v) is 4.69. The molecule has 0 spiro atoms. The van der Waals surface area contributed by atoms with Gasteiger partial charge < -0.3 is 14.6 Å². The Labute approximate surface area is 127 Å². The van der Waals surface area contributed by atoms with Crippen LogP contribution in [-0.2, 0) is 23.2 Å². The van der Waals surface area contributed by atoms with Crippen molar-refractivity contribution in [1.29, 1.82) is 0 Å². The minimum Gasteiger partial charge on any atom is -0.460 e. The van der Waals surface area contributed by atoms with Crippen LogP contribution in [0.4, 0.5) is 0 Å². The van der Waals surface area contributed by atoms with Gasteiger partial charge in [-0.25, -0.2) is 0 Å². The smallest absolute Gasteiger partial charge is 0.325 e. The van der Waals surface area contributed by atoms with Crippen molar-refractivity contribution < 1.29 is 14.3 Å². The lowest BCUT2D eigenvalue weighted by atomic mass is 10.2. The van der Waals surface area contributed by atoms with E-state index in [1.54, 1.807) is 7.05 Å². The fraction of sp³-hybridized carbons (Fsp3) is 0.188. The summed E-state index contributed by atoms with van der Waals surface area (Å²) in [6.07, 6.45) is 1.49. The first kappa shape index (κ1) is 15.5. The highest BCUT2D eigenvalue weighted by Crippen LogP contribution is 2.00. The normalized spacial score (nSPS) is 10.0. The number of aromatic nitrogens is 1. The van der Waals surface area contributed by atoms with Crippen molar-refractivity contribution in [1.82, 2.24) is 9.88 Å². The SMILES string of the molecule is Cn1ccc(C(=O)NCC(=O)OCc2ccccc2)cc1=O. The van der Waals surface area contributed by atoms with Crippen LogP contribution >= 0.6 is 0 Å². The Morgan fingerprint density at radius 1 is 1.18 bits per heavy atom. The van der Waals surface area contributed by atoms with Crippen LogP contribution in [0, 0.1) is 0 Å². The third-order valence-corrected chi connectivity index (χ3v) is 3.00. The maximum Gasteiger partial charge on any atom is 0.325 e. The Morgan fingerprint density at radius 3 is 2.59 bits per heavy atom. The zero-order valence-corrected chi connectivity index (χ0v) is 12.1. The van der Waals surface area contributed by atoms with Crippen molar-refractivity contribution in [2.45, 2.75) is 6.61 Å². The summed E-state index contributed by atoms with van der Waals surface area (Å²) in [5.74, 6) is -1.03. The van der Waals surface area contributed by atoms with Gasteiger partial charge in [0.15, 0.2) is 0 Å². The number of nitrogens with zero attached hydrogens (tertiary/aromatic N) is 1. The van der Waals surface area contributed by atoms with Gasteiger partial charge in [0, 0.05) is 24.9 Å². The molecule has 0 fully saturated rings. The summed E-state index contributed by atoms with van der Waals surface area (Å²) in [5.41, 5.74) is 0.784. The highest BCUT2D eigenvalue weighted by Gasteiger charge is 2.09. The maximum absolute atomic E-state index is 11.8. The summed E-state index contributed by atoms with van der Waals surface area (Å²) in [6.45, 7) is -0.0949. The molecule has 1 aromatic heterocycles. The predicted octanol–water partition coefficient (Wildman–Crippen LogP) is 0.858. The molecule has 0 unspecified atom stereocenters. The summed E-state index contributed by atoms with van der Waals surface area (Å²) >= 11 is 0. The van der Waals surface area contributed by atoms with E-state index in [2.05, 4.69) is 5.32 Å². The molecule has 22 heavy (non-hydrogen) atoms. The quantitative estimate of drug-likeness (QED) is 0.831. The summed E-state index contributed by atoms with van der Waals surface area (Å²) < 4.78 is 6.39. The number of amides is 1. The molecule has 0 aliphatic rings. The van der Waals surface area contributed by atoms with Crippen LogP contribution < -0.4 is 10.9 Å². The molecular formula is C16H16N2O4. The highest BCUT2D eigenvalue weighted by molar-refractivity contribution is 5.95. The monoisotopic (exact) mass is 300 g/mol. The zero-order valence-electron chi connectivity index (χ0n) is 12.1. The van der Waals surface area contributed by atoms with Gasteiger partial charge >= 0.3 is 5.97 Å². The number of ether oxygens (including phenoxy) is 1. The van der Waals surface area contributed by atoms with Gasteiger partial charge in [0.2, 0.25) is 0 Å². The van der Waals surface area contributed by atoms with Gasteiger partial charge in [-0.15, -0.1) is 0 Å². The number of esters is 1. The van der Waals surface area contributed by atoms with E-state index in [9.17, 15) is 14.4 Å². The number of hydrogen-bond donors (Lipinski definition) is 1. The van der Waals surface area contributed by atoms with Crippen molar-refractivity contribution in [3.05, 3.63) is 70.1 Å². The largest absolute Gasteiger partial charge is 0.460 e. The standard InChI is InChI=1S/C16H16N2O4/c1-18-8-7-13(9-14(18)19)16(21)17-10-15(20)22-11-12-5-3-2-4-6-12/h2-9H,10-11H2,1H3,(H,17,21). The van der Waals surface area contributed by atoms with E-state index in [4.69, 9.17) is 4.74 Å². The summed E-state index contributed by atoms with van der Waals surface area (Å²) in [6, 6.07) is 12.0. The molecule has 2 aromatic rings. The summed E-state index contributed by atoms with van der Waals surface area (Å²) in [4.78, 5) is 34.8. The average Bonchev–Trinajstić information content (AvgIpc) is 2.54. The van der Waals surface area contributed by atoms with Crippen LogP contribution in [0.3, 0.4) is 0 Å². The van der Waals surface area contributed by atoms with Gasteiger partial charge in [0.05, 0.1) is 0 Å². The van der Waals surface area contributed by atoms with E-state index >= 15 is 0 Å². The molecule has 0 saturated carbocycles. The minimum atomic E-state index is -0.541. The maximum atomic E-state index is 11.8. The van der Waals surface area contributed by atoms with Crippen LogP contribution in [0.25, 0.3) is 0 Å². The number of benzene rings is 1. The van der Waals surface area contributed by atoms with E-state index in [0.717, 1.165) is 5.56 Å². The van der Waals surface area contributed by atoms with Crippen LogP contribution in [0.5, 0.6) is 0 Å². The lowest BCUT2D eigenvalue weighted by Crippen LogP contribution is -2.31. The Bertz CT molecular complexity index is 722. The van der Waals surface area contributed by atoms with Crippen molar-refractivity contribution in [2.24, 2.45) is 7.05 Å². The Balaban J connectivity index is 1.81. The third kappa shape index (κ3) is 4.31. The number of carbonyl (C=O) groups is 2. The van der Waals surface area contributed by atoms with Crippen molar-refractivity contribution in [3.8, 4) is 0 Å². The lowest BCUT2D eigenvalue weighted by Gasteiger charge is -2.07. The van der Waals surface area contributed by atoms with Crippen LogP contribution in [0.2, 0.25) is 0 Å². The fourth-order valence-corrected chi connectivity index (χ4v) is 1.73. The Hall–Kier alpha value is -2.89. The molecule has 0 atom stereocenters. The molecule has 0 radical (unpaired) electrons. The molecule has 1 heterocycles. The summed E-state index contributed by atoms with van der Waals surface area (Å²) in [7, 11) is 1.59. The third-order valence-electron chi connectivity index (χ3n) is 3.00. The number of nitrogens with one attached hydrogen (secondary N) is 1. The highest BCUT2D eigenvalue weighted by atomic mass is 16.5. The number of rotatable bonds is 5. The van der Waals surface area contributed by atoms with Gasteiger partial charge in [0.25, 0.3) is 11.5 Å². The first-order chi connectivity index (χ1) is 10.6. The lowest BCUT2D eigenvalue weighted by molar-refractivity contribution is -0.143. The number of carbonyl (C=O) groups excluding carboxylic acids is 2. The van der Waals surface area contributed by atoms with Crippen LogP contribution in [-0.4, -0.2) is 23.0 Å². The molecule has 0 bridgehead atoms. The van der Waals surface area contributed by atoms with Gasteiger partial charge in [-0.2, -0.15) is 0 Å². The van der Waals surface area contributed by atoms with Crippen molar-refractivity contribution in [2.75, 3.05) is 6.54 Å². The number of aryl methyl sites for hydroxylation is 1. The molecule has 1 amide bonds. The van der Waals surface area contributed by atoms with Gasteiger partial charge in [-0.1, -0.05) is 30.3 Å². The minimum absolute atomic E-state index is 0.154. The van der Waals surface area contributed by atoms with E-state index in [1.807, 2.05) is 30.3 Å². The number of hydrogen-bond acceptors (Lipinski definition) is 4.